The quantitative estimate of drug-likeness (QED) is 0.0320. The van der Waals surface area contributed by atoms with Crippen molar-refractivity contribution in [1.29, 1.82) is 0 Å². The molecule has 3 N–H and O–H groups in total. The molecule has 0 aliphatic heterocycles. The number of esters is 1. The number of rotatable bonds is 65. The van der Waals surface area contributed by atoms with Crippen LogP contribution in [-0.2, 0) is 14.3 Å². The van der Waals surface area contributed by atoms with E-state index in [-0.39, 0.29) is 18.5 Å². The number of aliphatic hydroxyl groups is 2. The normalized spacial score (nSPS) is 12.6. The van der Waals surface area contributed by atoms with Gasteiger partial charge in [-0.2, -0.15) is 0 Å². The van der Waals surface area contributed by atoms with Gasteiger partial charge in [-0.1, -0.05) is 340 Å². The fraction of sp³-hybridized carbons (Fsp3) is 0.914. The molecule has 0 saturated heterocycles. The fourth-order valence-corrected chi connectivity index (χ4v) is 11.0. The molecule has 450 valence electrons. The van der Waals surface area contributed by atoms with Gasteiger partial charge in [0.2, 0.25) is 5.91 Å². The first-order chi connectivity index (χ1) is 37.5. The Hall–Kier alpha value is -1.66. The van der Waals surface area contributed by atoms with Crippen molar-refractivity contribution in [3.63, 3.8) is 0 Å². The summed E-state index contributed by atoms with van der Waals surface area (Å²) < 4.78 is 5.50. The van der Waals surface area contributed by atoms with E-state index in [0.29, 0.717) is 25.9 Å². The van der Waals surface area contributed by atoms with Crippen molar-refractivity contribution in [2.45, 2.75) is 398 Å². The van der Waals surface area contributed by atoms with Crippen LogP contribution in [-0.4, -0.2) is 47.4 Å². The maximum Gasteiger partial charge on any atom is 0.305 e. The summed E-state index contributed by atoms with van der Waals surface area (Å²) >= 11 is 0. The van der Waals surface area contributed by atoms with Crippen LogP contribution >= 0.6 is 0 Å². The minimum absolute atomic E-state index is 0.0133. The van der Waals surface area contributed by atoms with Gasteiger partial charge >= 0.3 is 5.97 Å². The van der Waals surface area contributed by atoms with Gasteiger partial charge in [-0.25, -0.2) is 0 Å². The van der Waals surface area contributed by atoms with Crippen molar-refractivity contribution in [2.75, 3.05) is 13.2 Å². The Kier molecular flexibility index (Phi) is 64.4. The van der Waals surface area contributed by atoms with Crippen LogP contribution < -0.4 is 5.32 Å². The summed E-state index contributed by atoms with van der Waals surface area (Å²) in [6.45, 7) is 4.95. The Balaban J connectivity index is 3.30. The van der Waals surface area contributed by atoms with E-state index in [2.05, 4.69) is 43.5 Å². The zero-order valence-electron chi connectivity index (χ0n) is 51.5. The fourth-order valence-electron chi connectivity index (χ4n) is 11.0. The van der Waals surface area contributed by atoms with Crippen molar-refractivity contribution in [1.82, 2.24) is 5.32 Å². The molecule has 1 amide bonds. The number of allylic oxidation sites excluding steroid dienone is 4. The van der Waals surface area contributed by atoms with Crippen LogP contribution in [0.3, 0.4) is 0 Å². The lowest BCUT2D eigenvalue weighted by Gasteiger charge is -2.22. The molecule has 2 unspecified atom stereocenters. The summed E-state index contributed by atoms with van der Waals surface area (Å²) in [7, 11) is 0. The van der Waals surface area contributed by atoms with Gasteiger partial charge in [0.15, 0.2) is 0 Å². The van der Waals surface area contributed by atoms with Gasteiger partial charge in [-0.15, -0.1) is 0 Å². The number of unbranched alkanes of at least 4 members (excludes halogenated alkanes) is 50. The Labute approximate surface area is 475 Å². The summed E-state index contributed by atoms with van der Waals surface area (Å²) in [6, 6.07) is -0.537. The first kappa shape index (κ1) is 74.3. The third-order valence-electron chi connectivity index (χ3n) is 16.3. The van der Waals surface area contributed by atoms with Crippen molar-refractivity contribution >= 4 is 11.9 Å². The number of carbonyl (C=O) groups excluding carboxylic acids is 2. The monoisotopic (exact) mass is 1070 g/mol. The van der Waals surface area contributed by atoms with Gasteiger partial charge in [-0.05, 0) is 57.8 Å². The molecule has 0 spiro atoms. The maximum atomic E-state index is 12.5. The molecule has 2 atom stereocenters. The van der Waals surface area contributed by atoms with Crippen molar-refractivity contribution in [3.05, 3.63) is 24.3 Å². The van der Waals surface area contributed by atoms with E-state index in [1.54, 1.807) is 0 Å². The predicted octanol–water partition coefficient (Wildman–Crippen LogP) is 22.1. The highest BCUT2D eigenvalue weighted by atomic mass is 16.5. The Morgan fingerprint density at radius 1 is 0.368 bits per heavy atom. The number of aliphatic hydroxyl groups excluding tert-OH is 2. The number of carbonyl (C=O) groups is 2. The summed E-state index contributed by atoms with van der Waals surface area (Å²) in [4.78, 5) is 24.6. The Morgan fingerprint density at radius 2 is 0.658 bits per heavy atom. The molecule has 0 rings (SSSR count). The van der Waals surface area contributed by atoms with E-state index < -0.39 is 12.1 Å². The standard InChI is InChI=1S/C70H135NO5/c1-3-5-7-9-11-13-15-16-17-18-34-37-40-44-48-52-56-60-64-70(75)76-65-61-57-53-49-45-41-38-35-32-30-28-26-24-22-20-19-21-23-25-27-29-31-33-36-39-43-47-51-55-59-63-69(74)71-67(66-72)68(73)62-58-54-50-46-42-14-12-10-8-6-4-2/h13,15,17-18,67-68,72-73H,3-12,14,16,19-66H2,1-2H3,(H,71,74)/b15-13-,18-17-. The van der Waals surface area contributed by atoms with Gasteiger partial charge in [0.05, 0.1) is 25.4 Å². The van der Waals surface area contributed by atoms with E-state index in [9.17, 15) is 19.8 Å². The number of hydrogen-bond donors (Lipinski definition) is 3. The lowest BCUT2D eigenvalue weighted by molar-refractivity contribution is -0.143. The molecule has 76 heavy (non-hydrogen) atoms. The van der Waals surface area contributed by atoms with Crippen molar-refractivity contribution in [2.24, 2.45) is 0 Å². The van der Waals surface area contributed by atoms with Crippen LogP contribution in [0.15, 0.2) is 24.3 Å². The predicted molar refractivity (Wildman–Crippen MR) is 333 cm³/mol. The molecule has 0 aromatic rings. The van der Waals surface area contributed by atoms with Crippen LogP contribution in [0.2, 0.25) is 0 Å². The summed E-state index contributed by atoms with van der Waals surface area (Å²) in [5, 5.41) is 23.2. The molecule has 0 radical (unpaired) electrons. The molecule has 0 aromatic carbocycles. The van der Waals surface area contributed by atoms with Crippen molar-refractivity contribution in [3.8, 4) is 0 Å². The van der Waals surface area contributed by atoms with Gasteiger partial charge in [0, 0.05) is 12.8 Å². The second kappa shape index (κ2) is 65.9. The van der Waals surface area contributed by atoms with Crippen LogP contribution in [0.1, 0.15) is 386 Å². The zero-order chi connectivity index (χ0) is 55.0. The number of hydrogen-bond acceptors (Lipinski definition) is 5. The lowest BCUT2D eigenvalue weighted by atomic mass is 10.0. The average molecular weight is 1070 g/mol. The molecule has 0 heterocycles. The van der Waals surface area contributed by atoms with Crippen molar-refractivity contribution < 1.29 is 24.5 Å². The van der Waals surface area contributed by atoms with Crippen LogP contribution in [0.5, 0.6) is 0 Å². The number of ether oxygens (including phenoxy) is 1. The van der Waals surface area contributed by atoms with Crippen LogP contribution in [0.25, 0.3) is 0 Å². The van der Waals surface area contributed by atoms with Crippen LogP contribution in [0.4, 0.5) is 0 Å². The third-order valence-corrected chi connectivity index (χ3v) is 16.3. The molecule has 6 heteroatoms. The Bertz CT molecular complexity index is 1190. The second-order valence-electron chi connectivity index (χ2n) is 23.9. The maximum absolute atomic E-state index is 12.5. The van der Waals surface area contributed by atoms with E-state index in [0.717, 1.165) is 51.4 Å². The highest BCUT2D eigenvalue weighted by Crippen LogP contribution is 2.19. The first-order valence-electron chi connectivity index (χ1n) is 34.6. The highest BCUT2D eigenvalue weighted by molar-refractivity contribution is 5.76. The number of amides is 1. The van der Waals surface area contributed by atoms with Gasteiger partial charge in [0.1, 0.15) is 0 Å². The lowest BCUT2D eigenvalue weighted by Crippen LogP contribution is -2.45. The summed E-state index contributed by atoms with van der Waals surface area (Å²) in [6.07, 6.45) is 82.3. The molecule has 0 aliphatic rings. The van der Waals surface area contributed by atoms with E-state index >= 15 is 0 Å². The smallest absolute Gasteiger partial charge is 0.305 e. The zero-order valence-corrected chi connectivity index (χ0v) is 51.5. The van der Waals surface area contributed by atoms with Crippen LogP contribution in [0, 0.1) is 0 Å². The van der Waals surface area contributed by atoms with E-state index in [4.69, 9.17) is 4.74 Å². The minimum Gasteiger partial charge on any atom is -0.466 e. The molecular formula is C70H135NO5. The van der Waals surface area contributed by atoms with Gasteiger partial charge < -0.3 is 20.3 Å². The molecule has 0 aromatic heterocycles. The molecular weight excluding hydrogens is 935 g/mol. The average Bonchev–Trinajstić information content (AvgIpc) is 3.42. The largest absolute Gasteiger partial charge is 0.466 e. The minimum atomic E-state index is -0.659. The SMILES string of the molecule is CCCCCC/C=C\C/C=C\CCCCCCCCCC(=O)OCCCCCCCCCCCCCCCCCCCCCCCCCCCCCCCCC(=O)NC(CO)C(O)CCCCCCCCCCCCC. The summed E-state index contributed by atoms with van der Waals surface area (Å²) in [5.41, 5.74) is 0. The first-order valence-corrected chi connectivity index (χ1v) is 34.6. The third kappa shape index (κ3) is 61.6. The highest BCUT2D eigenvalue weighted by Gasteiger charge is 2.20. The van der Waals surface area contributed by atoms with Gasteiger partial charge in [-0.3, -0.25) is 9.59 Å². The van der Waals surface area contributed by atoms with E-state index in [1.165, 1.54) is 302 Å². The molecule has 0 fully saturated rings. The molecule has 6 nitrogen and oxygen atoms in total. The summed E-state index contributed by atoms with van der Waals surface area (Å²) in [5.74, 6) is -0.0171. The van der Waals surface area contributed by atoms with E-state index in [1.807, 2.05) is 0 Å². The Morgan fingerprint density at radius 3 is 1.01 bits per heavy atom. The van der Waals surface area contributed by atoms with Gasteiger partial charge in [0.25, 0.3) is 0 Å². The second-order valence-corrected chi connectivity index (χ2v) is 23.9. The topological polar surface area (TPSA) is 95.9 Å². The molecule has 0 aliphatic carbocycles. The molecule has 0 bridgehead atoms. The molecule has 0 saturated carbocycles. The number of nitrogens with one attached hydrogen (secondary N) is 1.